The van der Waals surface area contributed by atoms with E-state index in [1.807, 2.05) is 18.2 Å². The summed E-state index contributed by atoms with van der Waals surface area (Å²) in [4.78, 5) is 33.4. The molecular weight excluding hydrogens is 478 g/mol. The fourth-order valence-electron chi connectivity index (χ4n) is 4.24. The van der Waals surface area contributed by atoms with Gasteiger partial charge in [-0.1, -0.05) is 36.4 Å². The monoisotopic (exact) mass is 502 g/mol. The van der Waals surface area contributed by atoms with Gasteiger partial charge in [-0.05, 0) is 48.5 Å². The maximum Gasteiger partial charge on any atom is 0.264 e. The predicted molar refractivity (Wildman–Crippen MR) is 137 cm³/mol. The van der Waals surface area contributed by atoms with E-state index in [0.717, 1.165) is 5.39 Å². The first-order chi connectivity index (χ1) is 17.4. The molecule has 0 spiro atoms. The van der Waals surface area contributed by atoms with Crippen LogP contribution in [-0.2, 0) is 10.0 Å². The Kier molecular flexibility index (Phi) is 6.39. The summed E-state index contributed by atoms with van der Waals surface area (Å²) in [5.74, 6) is -0.199. The van der Waals surface area contributed by atoms with Gasteiger partial charge in [0.05, 0.1) is 5.52 Å². The van der Waals surface area contributed by atoms with Gasteiger partial charge in [-0.3, -0.25) is 19.3 Å². The summed E-state index contributed by atoms with van der Waals surface area (Å²) < 4.78 is 28.6. The number of nitrogens with zero attached hydrogens (tertiary/aromatic N) is 3. The van der Waals surface area contributed by atoms with Crippen molar-refractivity contribution in [3.05, 3.63) is 102 Å². The molecule has 0 atom stereocenters. The highest BCUT2D eigenvalue weighted by Gasteiger charge is 2.25. The number of amides is 2. The molecule has 0 bridgehead atoms. The topological polar surface area (TPSA) is 99.7 Å². The lowest BCUT2D eigenvalue weighted by molar-refractivity contribution is 0.0535. The molecule has 0 saturated carbocycles. The van der Waals surface area contributed by atoms with Crippen LogP contribution in [0.25, 0.3) is 10.9 Å². The van der Waals surface area contributed by atoms with Crippen LogP contribution >= 0.6 is 0 Å². The number of para-hydroxylation sites is 1. The highest BCUT2D eigenvalue weighted by Crippen LogP contribution is 2.23. The number of carbonyl (C=O) groups excluding carboxylic acids is 2. The summed E-state index contributed by atoms with van der Waals surface area (Å²) in [6.07, 6.45) is 1.55. The summed E-state index contributed by atoms with van der Waals surface area (Å²) >= 11 is 0. The predicted octanol–water partition coefficient (Wildman–Crippen LogP) is 3.63. The van der Waals surface area contributed by atoms with E-state index in [0.29, 0.717) is 48.5 Å². The second-order valence-corrected chi connectivity index (χ2v) is 10.1. The van der Waals surface area contributed by atoms with E-state index in [2.05, 4.69) is 9.71 Å². The molecule has 3 aromatic carbocycles. The van der Waals surface area contributed by atoms with E-state index in [9.17, 15) is 18.0 Å². The third-order valence-corrected chi connectivity index (χ3v) is 7.56. The Bertz CT molecular complexity index is 1510. The minimum Gasteiger partial charge on any atom is -0.335 e. The van der Waals surface area contributed by atoms with Gasteiger partial charge < -0.3 is 9.80 Å². The number of sulfonamides is 1. The average Bonchev–Trinajstić information content (AvgIpc) is 2.93. The van der Waals surface area contributed by atoms with Gasteiger partial charge in [-0.25, -0.2) is 8.42 Å². The third kappa shape index (κ3) is 4.78. The number of piperazine rings is 1. The van der Waals surface area contributed by atoms with E-state index < -0.39 is 10.0 Å². The number of benzene rings is 3. The van der Waals surface area contributed by atoms with E-state index in [4.69, 9.17) is 0 Å². The number of hydrogen-bond donors (Lipinski definition) is 1. The molecule has 4 aromatic rings. The third-order valence-electron chi connectivity index (χ3n) is 6.14. The minimum atomic E-state index is -3.88. The zero-order valence-electron chi connectivity index (χ0n) is 19.4. The fourth-order valence-corrected chi connectivity index (χ4v) is 5.48. The van der Waals surface area contributed by atoms with E-state index in [1.165, 1.54) is 6.07 Å². The Hall–Kier alpha value is -4.24. The zero-order chi connectivity index (χ0) is 25.1. The first-order valence-corrected chi connectivity index (χ1v) is 13.0. The van der Waals surface area contributed by atoms with Gasteiger partial charge in [0.25, 0.3) is 21.8 Å². The molecular formula is C27H24N4O4S. The van der Waals surface area contributed by atoms with Crippen LogP contribution in [0.15, 0.2) is 96.0 Å². The van der Waals surface area contributed by atoms with Crippen molar-refractivity contribution in [3.8, 4) is 0 Å². The Morgan fingerprint density at radius 3 is 1.92 bits per heavy atom. The Balaban J connectivity index is 1.23. The van der Waals surface area contributed by atoms with Crippen molar-refractivity contribution in [2.24, 2.45) is 0 Å². The molecule has 1 saturated heterocycles. The van der Waals surface area contributed by atoms with Crippen LogP contribution in [0.4, 0.5) is 5.69 Å². The SMILES string of the molecule is O=C(c1ccccc1)N1CCN(C(=O)c2ccc(NS(=O)(=O)c3cccc4ccc[16n]c34)cc2)CC1. The molecule has 1 aliphatic heterocycles. The lowest BCUT2D eigenvalue weighted by atomic mass is 10.1. The van der Waals surface area contributed by atoms with Crippen LogP contribution in [0.3, 0.4) is 0 Å². The van der Waals surface area contributed by atoms with Gasteiger partial charge in [-0.15, -0.1) is 0 Å². The summed E-state index contributed by atoms with van der Waals surface area (Å²) in [5.41, 5.74) is 1.82. The molecule has 2 amide bonds. The normalized spacial score (nSPS) is 14.0. The Labute approximate surface area is 209 Å². The van der Waals surface area contributed by atoms with Crippen molar-refractivity contribution < 1.29 is 18.0 Å². The second-order valence-electron chi connectivity index (χ2n) is 8.46. The molecule has 0 unspecified atom stereocenters. The lowest BCUT2D eigenvalue weighted by Crippen LogP contribution is -2.50. The fraction of sp³-hybridized carbons (Fsp3) is 0.148. The van der Waals surface area contributed by atoms with Gasteiger partial charge in [-0.2, -0.15) is 0 Å². The molecule has 2 heterocycles. The van der Waals surface area contributed by atoms with Crippen LogP contribution in [0.1, 0.15) is 20.7 Å². The van der Waals surface area contributed by atoms with Crippen molar-refractivity contribution in [1.82, 2.24) is 14.8 Å². The number of fused-ring (bicyclic) bond motifs is 1. The molecule has 1 aromatic heterocycles. The van der Waals surface area contributed by atoms with Crippen LogP contribution in [0, 0.1) is 0 Å². The summed E-state index contributed by atoms with van der Waals surface area (Å²) in [5, 5.41) is 0.729. The maximum absolute atomic E-state index is 13.0. The van der Waals surface area contributed by atoms with Crippen molar-refractivity contribution >= 4 is 38.4 Å². The van der Waals surface area contributed by atoms with Crippen molar-refractivity contribution in [1.29, 1.82) is 0 Å². The largest absolute Gasteiger partial charge is 0.335 e. The highest BCUT2D eigenvalue weighted by atomic mass is 32.2. The molecule has 1 N–H and O–H groups in total. The summed E-state index contributed by atoms with van der Waals surface area (Å²) in [6.45, 7) is 1.77. The Morgan fingerprint density at radius 2 is 1.28 bits per heavy atom. The number of rotatable bonds is 5. The van der Waals surface area contributed by atoms with E-state index >= 15 is 0 Å². The molecule has 8 nitrogen and oxygen atoms in total. The van der Waals surface area contributed by atoms with Gasteiger partial charge in [0, 0.05) is 54.6 Å². The van der Waals surface area contributed by atoms with Gasteiger partial charge in [0.15, 0.2) is 0 Å². The lowest BCUT2D eigenvalue weighted by Gasteiger charge is -2.35. The minimum absolute atomic E-state index is 0.0410. The molecule has 9 heteroatoms. The quantitative estimate of drug-likeness (QED) is 0.449. The van der Waals surface area contributed by atoms with Crippen LogP contribution in [0.2, 0.25) is 0 Å². The Morgan fingerprint density at radius 1 is 0.694 bits per heavy atom. The van der Waals surface area contributed by atoms with Gasteiger partial charge in [0.1, 0.15) is 4.90 Å². The first kappa shape index (κ1) is 23.5. The van der Waals surface area contributed by atoms with Crippen molar-refractivity contribution in [2.45, 2.75) is 4.90 Å². The summed E-state index contributed by atoms with van der Waals surface area (Å²) in [7, 11) is -3.88. The van der Waals surface area contributed by atoms with Crippen LogP contribution in [-0.4, -0.2) is 61.2 Å². The van der Waals surface area contributed by atoms with Crippen molar-refractivity contribution in [2.75, 3.05) is 30.9 Å². The molecule has 1 aliphatic rings. The number of aromatic nitrogens is 1. The molecule has 36 heavy (non-hydrogen) atoms. The van der Waals surface area contributed by atoms with Gasteiger partial charge in [0.2, 0.25) is 0 Å². The van der Waals surface area contributed by atoms with Crippen molar-refractivity contribution in [3.63, 3.8) is 0 Å². The highest BCUT2D eigenvalue weighted by molar-refractivity contribution is 7.93. The van der Waals surface area contributed by atoms with Crippen LogP contribution < -0.4 is 4.72 Å². The van der Waals surface area contributed by atoms with E-state index in [-0.39, 0.29) is 16.7 Å². The number of hydrogen-bond acceptors (Lipinski definition) is 5. The number of carbonyl (C=O) groups is 2. The molecule has 0 aliphatic carbocycles. The number of pyridine rings is 1. The zero-order valence-corrected chi connectivity index (χ0v) is 20.2. The van der Waals surface area contributed by atoms with Gasteiger partial charge >= 0.3 is 0 Å². The average molecular weight is 503 g/mol. The maximum atomic E-state index is 13.0. The number of anilines is 1. The number of nitrogens with one attached hydrogen (secondary N) is 1. The molecule has 0 radical (unpaired) electrons. The first-order valence-electron chi connectivity index (χ1n) is 11.5. The molecule has 182 valence electrons. The standard InChI is InChI=1S/C27H24N4O4S/c32-26(21-6-2-1-3-7-21)30-16-18-31(19-17-30)27(33)22-11-13-23(14-12-22)29-36(34,35)24-10-4-8-20-9-5-15-28-25(20)24/h1-15,29H,16-19H2/i28+2. The molecule has 5 rings (SSSR count). The molecule has 1 fully saturated rings. The summed E-state index contributed by atoms with van der Waals surface area (Å²) in [6, 6.07) is 24.0. The van der Waals surface area contributed by atoms with E-state index in [1.54, 1.807) is 76.7 Å². The smallest absolute Gasteiger partial charge is 0.264 e. The van der Waals surface area contributed by atoms with Crippen LogP contribution in [0.5, 0.6) is 0 Å². The second kappa shape index (κ2) is 9.79.